The van der Waals surface area contributed by atoms with Crippen LogP contribution in [0.15, 0.2) is 24.3 Å². The van der Waals surface area contributed by atoms with Crippen molar-refractivity contribution in [3.63, 3.8) is 0 Å². The zero-order valence-electron chi connectivity index (χ0n) is 14.0. The van der Waals surface area contributed by atoms with Gasteiger partial charge >= 0.3 is 0 Å². The van der Waals surface area contributed by atoms with Crippen LogP contribution in [0.3, 0.4) is 0 Å². The zero-order valence-corrected chi connectivity index (χ0v) is 14.0. The van der Waals surface area contributed by atoms with Gasteiger partial charge in [0.2, 0.25) is 0 Å². The molecule has 1 N–H and O–H groups in total. The molecular weight excluding hydrogens is 260 g/mol. The van der Waals surface area contributed by atoms with Crippen LogP contribution < -0.4 is 5.32 Å². The van der Waals surface area contributed by atoms with Gasteiger partial charge in [-0.25, -0.2) is 0 Å². The van der Waals surface area contributed by atoms with E-state index in [2.05, 4.69) is 62.2 Å². The summed E-state index contributed by atoms with van der Waals surface area (Å²) in [6, 6.07) is 9.13. The molecule has 0 aromatic heterocycles. The molecule has 3 heteroatoms. The van der Waals surface area contributed by atoms with Crippen LogP contribution in [0.4, 0.5) is 0 Å². The van der Waals surface area contributed by atoms with Crippen molar-refractivity contribution in [1.29, 1.82) is 0 Å². The average Bonchev–Trinajstić information content (AvgIpc) is 2.53. The molecule has 2 atom stereocenters. The molecule has 1 aliphatic rings. The molecule has 1 saturated heterocycles. The van der Waals surface area contributed by atoms with Crippen LogP contribution in [0.25, 0.3) is 0 Å². The van der Waals surface area contributed by atoms with Crippen LogP contribution in [0, 0.1) is 6.92 Å². The van der Waals surface area contributed by atoms with Gasteiger partial charge in [-0.15, -0.1) is 0 Å². The van der Waals surface area contributed by atoms with Crippen molar-refractivity contribution in [2.45, 2.75) is 45.7 Å². The van der Waals surface area contributed by atoms with Gasteiger partial charge < -0.3 is 10.1 Å². The lowest BCUT2D eigenvalue weighted by molar-refractivity contribution is -0.0327. The van der Waals surface area contributed by atoms with E-state index in [0.29, 0.717) is 6.04 Å². The van der Waals surface area contributed by atoms with Crippen LogP contribution in [0.1, 0.15) is 44.4 Å². The Hall–Kier alpha value is -0.900. The van der Waals surface area contributed by atoms with Crippen molar-refractivity contribution in [3.05, 3.63) is 35.4 Å². The molecule has 118 valence electrons. The Morgan fingerprint density at radius 2 is 1.90 bits per heavy atom. The van der Waals surface area contributed by atoms with Gasteiger partial charge in [0.05, 0.1) is 19.3 Å². The first-order valence-electron chi connectivity index (χ1n) is 8.25. The molecule has 1 aromatic carbocycles. The highest BCUT2D eigenvalue weighted by Crippen LogP contribution is 2.36. The van der Waals surface area contributed by atoms with Crippen molar-refractivity contribution in [2.75, 3.05) is 32.8 Å². The maximum absolute atomic E-state index is 5.55. The Labute approximate surface area is 129 Å². The lowest BCUT2D eigenvalue weighted by Gasteiger charge is -2.48. The first-order valence-corrected chi connectivity index (χ1v) is 8.25. The molecule has 0 aliphatic carbocycles. The Bertz CT molecular complexity index is 443. The van der Waals surface area contributed by atoms with Crippen molar-refractivity contribution in [3.8, 4) is 0 Å². The van der Waals surface area contributed by atoms with Crippen molar-refractivity contribution < 1.29 is 4.74 Å². The van der Waals surface area contributed by atoms with E-state index in [1.807, 2.05) is 0 Å². The minimum absolute atomic E-state index is 0.117. The van der Waals surface area contributed by atoms with E-state index in [0.717, 1.165) is 39.3 Å². The second-order valence-electron chi connectivity index (χ2n) is 6.16. The number of aryl methyl sites for hydroxylation is 1. The summed E-state index contributed by atoms with van der Waals surface area (Å²) in [6.07, 6.45) is 1.12. The maximum atomic E-state index is 5.55. The number of rotatable bonds is 6. The summed E-state index contributed by atoms with van der Waals surface area (Å²) in [5, 5.41) is 3.75. The molecule has 21 heavy (non-hydrogen) atoms. The van der Waals surface area contributed by atoms with E-state index in [1.165, 1.54) is 11.1 Å². The normalized spacial score (nSPS) is 21.0. The first kappa shape index (κ1) is 16.5. The van der Waals surface area contributed by atoms with Gasteiger partial charge in [-0.05, 0) is 37.9 Å². The SMILES string of the molecule is CCNC(c1ccccc1C)C(C)(CC)N1CCOCC1. The highest BCUT2D eigenvalue weighted by Gasteiger charge is 2.39. The molecule has 1 aromatic rings. The van der Waals surface area contributed by atoms with E-state index in [-0.39, 0.29) is 5.54 Å². The fourth-order valence-electron chi connectivity index (χ4n) is 3.46. The van der Waals surface area contributed by atoms with E-state index in [9.17, 15) is 0 Å². The van der Waals surface area contributed by atoms with E-state index >= 15 is 0 Å². The lowest BCUT2D eigenvalue weighted by atomic mass is 9.81. The summed E-state index contributed by atoms with van der Waals surface area (Å²) in [6.45, 7) is 13.9. The number of hydrogen-bond donors (Lipinski definition) is 1. The number of nitrogens with zero attached hydrogens (tertiary/aromatic N) is 1. The van der Waals surface area contributed by atoms with Gasteiger partial charge in [-0.3, -0.25) is 4.90 Å². The Morgan fingerprint density at radius 3 is 2.48 bits per heavy atom. The molecule has 2 rings (SSSR count). The van der Waals surface area contributed by atoms with Crippen LogP contribution in [-0.2, 0) is 4.74 Å². The number of ether oxygens (including phenoxy) is 1. The molecule has 0 saturated carbocycles. The predicted molar refractivity (Wildman–Crippen MR) is 88.7 cm³/mol. The van der Waals surface area contributed by atoms with E-state index in [4.69, 9.17) is 4.74 Å². The number of hydrogen-bond acceptors (Lipinski definition) is 3. The molecule has 1 heterocycles. The topological polar surface area (TPSA) is 24.5 Å². The fraction of sp³-hybridized carbons (Fsp3) is 0.667. The minimum Gasteiger partial charge on any atom is -0.379 e. The van der Waals surface area contributed by atoms with Crippen LogP contribution in [0.5, 0.6) is 0 Å². The molecule has 1 fully saturated rings. The number of benzene rings is 1. The van der Waals surface area contributed by atoms with Crippen molar-refractivity contribution in [2.24, 2.45) is 0 Å². The highest BCUT2D eigenvalue weighted by molar-refractivity contribution is 5.31. The summed E-state index contributed by atoms with van der Waals surface area (Å²) in [7, 11) is 0. The minimum atomic E-state index is 0.117. The second kappa shape index (κ2) is 7.39. The van der Waals surface area contributed by atoms with Gasteiger partial charge in [0.15, 0.2) is 0 Å². The molecule has 0 bridgehead atoms. The summed E-state index contributed by atoms with van der Waals surface area (Å²) in [5.41, 5.74) is 2.91. The van der Waals surface area contributed by atoms with Gasteiger partial charge in [0, 0.05) is 18.6 Å². The third-order valence-electron chi connectivity index (χ3n) is 4.98. The third kappa shape index (κ3) is 3.47. The highest BCUT2D eigenvalue weighted by atomic mass is 16.5. The molecule has 0 radical (unpaired) electrons. The van der Waals surface area contributed by atoms with Crippen molar-refractivity contribution in [1.82, 2.24) is 10.2 Å². The number of morpholine rings is 1. The second-order valence-corrected chi connectivity index (χ2v) is 6.16. The largest absolute Gasteiger partial charge is 0.379 e. The van der Waals surface area contributed by atoms with Gasteiger partial charge in [-0.2, -0.15) is 0 Å². The summed E-state index contributed by atoms with van der Waals surface area (Å²) >= 11 is 0. The predicted octanol–water partition coefficient (Wildman–Crippen LogP) is 3.15. The Morgan fingerprint density at radius 1 is 1.24 bits per heavy atom. The molecule has 2 unspecified atom stereocenters. The Balaban J connectivity index is 2.35. The lowest BCUT2D eigenvalue weighted by Crippen LogP contribution is -2.57. The summed E-state index contributed by atoms with van der Waals surface area (Å²) in [4.78, 5) is 2.61. The summed E-state index contributed by atoms with van der Waals surface area (Å²) in [5.74, 6) is 0. The Kier molecular flexibility index (Phi) is 5.80. The molecular formula is C18H30N2O. The van der Waals surface area contributed by atoms with Gasteiger partial charge in [-0.1, -0.05) is 38.1 Å². The molecule has 1 aliphatic heterocycles. The van der Waals surface area contributed by atoms with Gasteiger partial charge in [0.1, 0.15) is 0 Å². The van der Waals surface area contributed by atoms with E-state index in [1.54, 1.807) is 0 Å². The fourth-order valence-corrected chi connectivity index (χ4v) is 3.46. The van der Waals surface area contributed by atoms with Crippen LogP contribution in [-0.4, -0.2) is 43.3 Å². The molecule has 0 spiro atoms. The average molecular weight is 290 g/mol. The first-order chi connectivity index (χ1) is 10.1. The third-order valence-corrected chi connectivity index (χ3v) is 4.98. The number of likely N-dealkylation sites (N-methyl/N-ethyl adjacent to an activating group) is 1. The molecule has 3 nitrogen and oxygen atoms in total. The van der Waals surface area contributed by atoms with Crippen molar-refractivity contribution >= 4 is 0 Å². The van der Waals surface area contributed by atoms with E-state index < -0.39 is 0 Å². The monoisotopic (exact) mass is 290 g/mol. The smallest absolute Gasteiger partial charge is 0.0594 e. The van der Waals surface area contributed by atoms with Crippen LogP contribution >= 0.6 is 0 Å². The zero-order chi connectivity index (χ0) is 15.3. The standard InChI is InChI=1S/C18H30N2O/c1-5-18(4,20-11-13-21-14-12-20)17(19-6-2)16-10-8-7-9-15(16)3/h7-10,17,19H,5-6,11-14H2,1-4H3. The number of nitrogens with one attached hydrogen (secondary N) is 1. The van der Waals surface area contributed by atoms with Gasteiger partial charge in [0.25, 0.3) is 0 Å². The maximum Gasteiger partial charge on any atom is 0.0594 e. The molecule has 0 amide bonds. The van der Waals surface area contributed by atoms with Crippen LogP contribution in [0.2, 0.25) is 0 Å². The summed E-state index contributed by atoms with van der Waals surface area (Å²) < 4.78 is 5.55. The quantitative estimate of drug-likeness (QED) is 0.871.